The van der Waals surface area contributed by atoms with Crippen molar-refractivity contribution < 1.29 is 14.2 Å². The van der Waals surface area contributed by atoms with Crippen molar-refractivity contribution in [3.8, 4) is 5.75 Å². The lowest BCUT2D eigenvalue weighted by molar-refractivity contribution is -0.143. The molecular formula is C20H26N6O3S. The van der Waals surface area contributed by atoms with Crippen molar-refractivity contribution in [2.75, 3.05) is 44.0 Å². The maximum atomic E-state index is 6.03. The van der Waals surface area contributed by atoms with Crippen LogP contribution in [0.25, 0.3) is 11.2 Å². The first kappa shape index (κ1) is 20.7. The molecule has 0 aliphatic carbocycles. The van der Waals surface area contributed by atoms with E-state index in [1.54, 1.807) is 25.2 Å². The molecule has 1 atom stereocenters. The van der Waals surface area contributed by atoms with Crippen LogP contribution in [0, 0.1) is 0 Å². The quantitative estimate of drug-likeness (QED) is 0.344. The largest absolute Gasteiger partial charge is 0.495 e. The fourth-order valence-electron chi connectivity index (χ4n) is 3.38. The van der Waals surface area contributed by atoms with Crippen LogP contribution in [0.1, 0.15) is 12.5 Å². The number of thioether (sulfide) groups is 1. The third kappa shape index (κ3) is 4.30. The minimum Gasteiger partial charge on any atom is -0.495 e. The molecule has 1 unspecified atom stereocenters. The molecule has 0 radical (unpaired) electrons. The van der Waals surface area contributed by atoms with Crippen LogP contribution in [-0.4, -0.2) is 59.2 Å². The second-order valence-corrected chi connectivity index (χ2v) is 7.87. The monoisotopic (exact) mass is 430 g/mol. The summed E-state index contributed by atoms with van der Waals surface area (Å²) in [5, 5.41) is 0.690. The number of nitrogen functional groups attached to an aromatic ring is 1. The number of hydrogen-bond donors (Lipinski definition) is 1. The molecular weight excluding hydrogens is 404 g/mol. The number of hydrogen-bond acceptors (Lipinski definition) is 9. The molecule has 160 valence electrons. The van der Waals surface area contributed by atoms with Crippen molar-refractivity contribution in [1.29, 1.82) is 0 Å². The molecule has 1 fully saturated rings. The number of nitrogens with two attached hydrogens (primary N) is 1. The molecule has 3 aromatic rings. The molecule has 1 saturated heterocycles. The van der Waals surface area contributed by atoms with Gasteiger partial charge in [0.25, 0.3) is 0 Å². The summed E-state index contributed by atoms with van der Waals surface area (Å²) >= 11 is 1.56. The molecule has 0 saturated carbocycles. The lowest BCUT2D eigenvalue weighted by Crippen LogP contribution is -2.44. The van der Waals surface area contributed by atoms with E-state index in [-0.39, 0.29) is 6.29 Å². The lowest BCUT2D eigenvalue weighted by atomic mass is 10.2. The second kappa shape index (κ2) is 9.07. The average Bonchev–Trinajstić information content (AvgIpc) is 3.13. The minimum absolute atomic E-state index is 0.268. The maximum absolute atomic E-state index is 6.03. The highest BCUT2D eigenvalue weighted by molar-refractivity contribution is 7.98. The molecule has 1 aliphatic heterocycles. The highest BCUT2D eigenvalue weighted by Crippen LogP contribution is 2.30. The fraction of sp³-hybridized carbons (Fsp3) is 0.450. The highest BCUT2D eigenvalue weighted by atomic mass is 32.2. The number of morpholine rings is 1. The molecule has 0 spiro atoms. The third-order valence-corrected chi connectivity index (χ3v) is 5.79. The van der Waals surface area contributed by atoms with Gasteiger partial charge < -0.3 is 29.4 Å². The Bertz CT molecular complexity index is 1030. The van der Waals surface area contributed by atoms with Crippen LogP contribution < -0.4 is 15.4 Å². The van der Waals surface area contributed by atoms with E-state index in [4.69, 9.17) is 29.9 Å². The Kier molecular flexibility index (Phi) is 6.26. The van der Waals surface area contributed by atoms with Gasteiger partial charge in [0, 0.05) is 26.0 Å². The Hall–Kier alpha value is -2.56. The number of rotatable bonds is 7. The van der Waals surface area contributed by atoms with Gasteiger partial charge in [-0.25, -0.2) is 15.0 Å². The molecule has 10 heteroatoms. The molecule has 3 heterocycles. The summed E-state index contributed by atoms with van der Waals surface area (Å²) in [5.74, 6) is 2.18. The Morgan fingerprint density at radius 3 is 2.97 bits per heavy atom. The molecule has 0 amide bonds. The summed E-state index contributed by atoms with van der Waals surface area (Å²) in [6, 6.07) is 5.80. The van der Waals surface area contributed by atoms with E-state index in [9.17, 15) is 0 Å². The van der Waals surface area contributed by atoms with Gasteiger partial charge in [-0.2, -0.15) is 0 Å². The summed E-state index contributed by atoms with van der Waals surface area (Å²) in [6.45, 7) is 4.48. The predicted octanol–water partition coefficient (Wildman–Crippen LogP) is 2.45. The van der Waals surface area contributed by atoms with Gasteiger partial charge in [-0.1, -0.05) is 17.8 Å². The van der Waals surface area contributed by atoms with Gasteiger partial charge in [-0.05, 0) is 24.6 Å². The van der Waals surface area contributed by atoms with Crippen molar-refractivity contribution >= 4 is 34.4 Å². The number of anilines is 2. The molecule has 4 rings (SSSR count). The highest BCUT2D eigenvalue weighted by Gasteiger charge is 2.25. The van der Waals surface area contributed by atoms with Gasteiger partial charge in [0.2, 0.25) is 0 Å². The van der Waals surface area contributed by atoms with E-state index >= 15 is 0 Å². The van der Waals surface area contributed by atoms with Crippen LogP contribution in [0.5, 0.6) is 5.75 Å². The second-order valence-electron chi connectivity index (χ2n) is 6.92. The fourth-order valence-corrected chi connectivity index (χ4v) is 4.15. The maximum Gasteiger partial charge on any atom is 0.191 e. The van der Waals surface area contributed by atoms with Crippen molar-refractivity contribution in [3.63, 3.8) is 0 Å². The van der Waals surface area contributed by atoms with E-state index in [0.717, 1.165) is 29.1 Å². The molecule has 1 aromatic carbocycles. The van der Waals surface area contributed by atoms with Crippen molar-refractivity contribution in [2.45, 2.75) is 24.1 Å². The zero-order valence-corrected chi connectivity index (χ0v) is 18.2. The van der Waals surface area contributed by atoms with Crippen LogP contribution >= 0.6 is 11.8 Å². The van der Waals surface area contributed by atoms with E-state index in [1.807, 2.05) is 36.7 Å². The zero-order valence-electron chi connectivity index (χ0n) is 17.4. The molecule has 1 aliphatic rings. The number of methoxy groups -OCH3 is 1. The molecule has 9 nitrogen and oxygen atoms in total. The average molecular weight is 431 g/mol. The molecule has 0 bridgehead atoms. The Morgan fingerprint density at radius 2 is 2.20 bits per heavy atom. The van der Waals surface area contributed by atoms with E-state index < -0.39 is 0 Å². The van der Waals surface area contributed by atoms with Crippen molar-refractivity contribution in [3.05, 3.63) is 30.1 Å². The van der Waals surface area contributed by atoms with Gasteiger partial charge in [0.15, 0.2) is 28.4 Å². The van der Waals surface area contributed by atoms with Crippen LogP contribution in [0.2, 0.25) is 0 Å². The topological polar surface area (TPSA) is 101 Å². The number of imidazole rings is 1. The minimum atomic E-state index is -0.268. The van der Waals surface area contributed by atoms with Crippen LogP contribution in [0.4, 0.5) is 11.5 Å². The number of nitrogens with zero attached hydrogens (tertiary/aromatic N) is 5. The van der Waals surface area contributed by atoms with Crippen LogP contribution in [0.3, 0.4) is 0 Å². The predicted molar refractivity (Wildman–Crippen MR) is 117 cm³/mol. The van der Waals surface area contributed by atoms with Crippen molar-refractivity contribution in [1.82, 2.24) is 19.5 Å². The molecule has 30 heavy (non-hydrogen) atoms. The lowest BCUT2D eigenvalue weighted by Gasteiger charge is -2.33. The third-order valence-electron chi connectivity index (χ3n) is 4.87. The zero-order chi connectivity index (χ0) is 21.1. The number of aromatic nitrogens is 4. The normalized spacial score (nSPS) is 16.9. The Labute approximate surface area is 179 Å². The van der Waals surface area contributed by atoms with Gasteiger partial charge >= 0.3 is 0 Å². The van der Waals surface area contributed by atoms with Crippen molar-refractivity contribution in [2.24, 2.45) is 7.05 Å². The summed E-state index contributed by atoms with van der Waals surface area (Å²) in [4.78, 5) is 16.3. The summed E-state index contributed by atoms with van der Waals surface area (Å²) in [6.07, 6.45) is 1.50. The Balaban J connectivity index is 1.59. The first-order chi connectivity index (χ1) is 14.6. The van der Waals surface area contributed by atoms with E-state index in [2.05, 4.69) is 9.88 Å². The summed E-state index contributed by atoms with van der Waals surface area (Å²) in [5.41, 5.74) is 9.32. The first-order valence-corrected chi connectivity index (χ1v) is 10.8. The summed E-state index contributed by atoms with van der Waals surface area (Å²) in [7, 11) is 3.55. The molecule has 2 N–H and O–H groups in total. The van der Waals surface area contributed by atoms with E-state index in [1.165, 1.54) is 0 Å². The number of fused-ring (bicyclic) bond motifs is 1. The van der Waals surface area contributed by atoms with Gasteiger partial charge in [0.05, 0.1) is 32.3 Å². The molecule has 2 aromatic heterocycles. The van der Waals surface area contributed by atoms with Gasteiger partial charge in [-0.15, -0.1) is 0 Å². The summed E-state index contributed by atoms with van der Waals surface area (Å²) < 4.78 is 18.5. The Morgan fingerprint density at radius 1 is 1.33 bits per heavy atom. The van der Waals surface area contributed by atoms with Gasteiger partial charge in [0.1, 0.15) is 5.75 Å². The smallest absolute Gasteiger partial charge is 0.191 e. The standard InChI is InChI=1S/C20H26N6O3S/c1-4-28-16-10-26(7-8-29-16)19-17-18(25(2)12-22-17)23-20(24-19)30-11-13-5-6-15(27-3)14(21)9-13/h5-6,9,12,16H,4,7-8,10-11,21H2,1-3H3. The van der Waals surface area contributed by atoms with Crippen LogP contribution in [-0.2, 0) is 22.3 Å². The first-order valence-electron chi connectivity index (χ1n) is 9.81. The van der Waals surface area contributed by atoms with Gasteiger partial charge in [-0.3, -0.25) is 0 Å². The van der Waals surface area contributed by atoms with E-state index in [0.29, 0.717) is 42.1 Å². The number of aryl methyl sites for hydroxylation is 1. The SMILES string of the molecule is CCOC1CN(c2nc(SCc3ccc(OC)c(N)c3)nc3c2ncn3C)CCO1. The number of benzene rings is 1. The number of ether oxygens (including phenoxy) is 3. The van der Waals surface area contributed by atoms with Crippen LogP contribution in [0.15, 0.2) is 29.7 Å².